The predicted molar refractivity (Wildman–Crippen MR) is 111 cm³/mol. The van der Waals surface area contributed by atoms with Gasteiger partial charge in [0, 0.05) is 32.4 Å². The van der Waals surface area contributed by atoms with Crippen molar-refractivity contribution in [1.29, 1.82) is 0 Å². The summed E-state index contributed by atoms with van der Waals surface area (Å²) in [4.78, 5) is 21.0. The van der Waals surface area contributed by atoms with Crippen LogP contribution in [0.1, 0.15) is 31.1 Å². The highest BCUT2D eigenvalue weighted by atomic mass is 19.4. The molecular weight excluding hydrogens is 434 g/mol. The van der Waals surface area contributed by atoms with Crippen LogP contribution >= 0.6 is 0 Å². The Kier molecular flexibility index (Phi) is 7.50. The van der Waals surface area contributed by atoms with E-state index in [-0.39, 0.29) is 17.3 Å². The Morgan fingerprint density at radius 3 is 2.47 bits per heavy atom. The molecule has 2 N–H and O–H groups in total. The molecule has 176 valence electrons. The third-order valence-electron chi connectivity index (χ3n) is 4.16. The Balaban J connectivity index is 2.58. The van der Waals surface area contributed by atoms with Crippen molar-refractivity contribution in [3.8, 4) is 5.75 Å². The van der Waals surface area contributed by atoms with Crippen molar-refractivity contribution in [3.05, 3.63) is 35.8 Å². The monoisotopic (exact) mass is 459 g/mol. The summed E-state index contributed by atoms with van der Waals surface area (Å²) in [5, 5.41) is 12.7. The van der Waals surface area contributed by atoms with Gasteiger partial charge in [-0.25, -0.2) is 14.3 Å². The van der Waals surface area contributed by atoms with E-state index in [1.165, 1.54) is 27.0 Å². The van der Waals surface area contributed by atoms with E-state index in [1.807, 2.05) is 0 Å². The fraction of sp³-hybridized carbons (Fsp3) is 0.450. The number of halogens is 4. The number of rotatable bonds is 8. The molecule has 2 rings (SSSR count). The third-order valence-corrected chi connectivity index (χ3v) is 4.16. The zero-order chi connectivity index (χ0) is 24.3. The summed E-state index contributed by atoms with van der Waals surface area (Å²) in [7, 11) is 2.43. The predicted octanol–water partition coefficient (Wildman–Crippen LogP) is 3.56. The topological polar surface area (TPSA) is 90.8 Å². The van der Waals surface area contributed by atoms with Gasteiger partial charge in [-0.1, -0.05) is 0 Å². The molecule has 1 heterocycles. The third kappa shape index (κ3) is 5.96. The van der Waals surface area contributed by atoms with Crippen LogP contribution in [0, 0.1) is 5.82 Å². The maximum Gasteiger partial charge on any atom is 0.491 e. The van der Waals surface area contributed by atoms with E-state index in [0.717, 1.165) is 24.3 Å². The van der Waals surface area contributed by atoms with Gasteiger partial charge < -0.3 is 20.1 Å². The number of carbonyl (C=O) groups excluding carboxylic acids is 1. The molecule has 0 unspecified atom stereocenters. The minimum absolute atomic E-state index is 0.130. The molecule has 0 saturated heterocycles. The summed E-state index contributed by atoms with van der Waals surface area (Å²) in [6, 6.07) is 2.81. The number of amides is 1. The van der Waals surface area contributed by atoms with Crippen LogP contribution in [0.3, 0.4) is 0 Å². The number of methoxy groups -OCH3 is 1. The van der Waals surface area contributed by atoms with E-state index in [1.54, 1.807) is 6.92 Å². The molecule has 1 aromatic heterocycles. The molecule has 0 spiro atoms. The number of hydrogen-bond acceptors (Lipinski definition) is 7. The number of aromatic nitrogens is 2. The van der Waals surface area contributed by atoms with Gasteiger partial charge in [-0.15, -0.1) is 13.2 Å². The van der Waals surface area contributed by atoms with Gasteiger partial charge in [0.1, 0.15) is 17.4 Å². The van der Waals surface area contributed by atoms with E-state index in [4.69, 9.17) is 4.74 Å². The van der Waals surface area contributed by atoms with Gasteiger partial charge in [0.15, 0.2) is 0 Å². The van der Waals surface area contributed by atoms with Crippen molar-refractivity contribution in [1.82, 2.24) is 14.9 Å². The lowest BCUT2D eigenvalue weighted by Gasteiger charge is -2.28. The number of hydrogen-bond donors (Lipinski definition) is 2. The first-order chi connectivity index (χ1) is 14.8. The second-order valence-electron chi connectivity index (χ2n) is 7.55. The van der Waals surface area contributed by atoms with Gasteiger partial charge in [-0.3, -0.25) is 4.79 Å². The molecule has 0 aliphatic carbocycles. The molecule has 1 aromatic carbocycles. The lowest BCUT2D eigenvalue weighted by atomic mass is 10.1. The first-order valence-electron chi connectivity index (χ1n) is 9.57. The number of alkyl halides is 3. The summed E-state index contributed by atoms with van der Waals surface area (Å²) in [6.07, 6.45) is -3.90. The van der Waals surface area contributed by atoms with E-state index in [9.17, 15) is 27.5 Å². The van der Waals surface area contributed by atoms with Gasteiger partial charge in [-0.2, -0.15) is 4.98 Å². The second-order valence-corrected chi connectivity index (χ2v) is 7.55. The van der Waals surface area contributed by atoms with Crippen LogP contribution in [0.2, 0.25) is 0 Å². The molecule has 0 aliphatic rings. The van der Waals surface area contributed by atoms with Crippen LogP contribution < -0.4 is 15.0 Å². The molecule has 32 heavy (non-hydrogen) atoms. The molecule has 0 bridgehead atoms. The Labute approximate surface area is 182 Å². The first-order valence-corrected chi connectivity index (χ1v) is 9.57. The normalized spacial score (nSPS) is 11.8. The molecule has 8 nitrogen and oxygen atoms in total. The van der Waals surface area contributed by atoms with Gasteiger partial charge in [-0.05, 0) is 32.9 Å². The highest BCUT2D eigenvalue weighted by Gasteiger charge is 2.43. The van der Waals surface area contributed by atoms with Crippen LogP contribution in [-0.4, -0.2) is 65.0 Å². The summed E-state index contributed by atoms with van der Waals surface area (Å²) >= 11 is 0. The zero-order valence-corrected chi connectivity index (χ0v) is 18.3. The van der Waals surface area contributed by atoms with Crippen LogP contribution in [0.25, 0.3) is 0 Å². The molecule has 1 amide bonds. The van der Waals surface area contributed by atoms with Crippen LogP contribution in [0.4, 0.5) is 35.0 Å². The van der Waals surface area contributed by atoms with Crippen LogP contribution in [-0.2, 0) is 0 Å². The number of ether oxygens (including phenoxy) is 1. The smallest absolute Gasteiger partial charge is 0.491 e. The van der Waals surface area contributed by atoms with Crippen molar-refractivity contribution in [2.24, 2.45) is 0 Å². The summed E-state index contributed by atoms with van der Waals surface area (Å²) in [5.74, 6) is -3.07. The van der Waals surface area contributed by atoms with Gasteiger partial charge in [0.25, 0.3) is 5.91 Å². The highest BCUT2D eigenvalue weighted by molar-refractivity contribution is 5.95. The average Bonchev–Trinajstić information content (AvgIpc) is 2.66. The van der Waals surface area contributed by atoms with Gasteiger partial charge in [0.2, 0.25) is 5.95 Å². The number of anilines is 3. The summed E-state index contributed by atoms with van der Waals surface area (Å²) < 4.78 is 61.8. The maximum atomic E-state index is 14.9. The van der Waals surface area contributed by atoms with E-state index >= 15 is 0 Å². The van der Waals surface area contributed by atoms with Crippen molar-refractivity contribution in [2.45, 2.75) is 32.7 Å². The van der Waals surface area contributed by atoms with E-state index in [2.05, 4.69) is 15.3 Å². The number of carbonyl (C=O) groups is 1. The molecule has 0 atom stereocenters. The minimum atomic E-state index is -5.03. The zero-order valence-electron chi connectivity index (χ0n) is 18.3. The largest absolute Gasteiger partial charge is 0.495 e. The Bertz CT molecular complexity index is 963. The number of likely N-dealkylation sites (N-methyl/N-ethyl adjacent to an activating group) is 1. The van der Waals surface area contributed by atoms with Gasteiger partial charge >= 0.3 is 6.30 Å². The molecule has 0 fully saturated rings. The summed E-state index contributed by atoms with van der Waals surface area (Å²) in [5.41, 5.74) is -2.50. The van der Waals surface area contributed by atoms with Crippen LogP contribution in [0.5, 0.6) is 5.75 Å². The fourth-order valence-electron chi connectivity index (χ4n) is 3.00. The van der Waals surface area contributed by atoms with Crippen molar-refractivity contribution in [2.75, 3.05) is 37.5 Å². The molecule has 0 saturated carbocycles. The maximum absolute atomic E-state index is 14.9. The lowest BCUT2D eigenvalue weighted by molar-refractivity contribution is -0.121. The van der Waals surface area contributed by atoms with E-state index < -0.39 is 46.6 Å². The van der Waals surface area contributed by atoms with Gasteiger partial charge in [0.05, 0.1) is 24.0 Å². The van der Waals surface area contributed by atoms with Crippen LogP contribution in [0.15, 0.2) is 24.4 Å². The van der Waals surface area contributed by atoms with Crippen molar-refractivity contribution >= 4 is 23.4 Å². The molecule has 0 radical (unpaired) electrons. The number of aliphatic hydroxyl groups is 1. The van der Waals surface area contributed by atoms with Crippen molar-refractivity contribution < 1.29 is 32.2 Å². The molecule has 2 aromatic rings. The molecule has 12 heteroatoms. The Morgan fingerprint density at radius 1 is 1.28 bits per heavy atom. The SMILES string of the molecule is CCNc1ccnc(N(c2cc(F)c(C(=O)N(C)CC(C)(C)O)cc2OC)C(F)(F)F)n1. The highest BCUT2D eigenvalue weighted by Crippen LogP contribution is 2.41. The first kappa shape index (κ1) is 25.1. The lowest BCUT2D eigenvalue weighted by Crippen LogP contribution is -2.40. The fourth-order valence-corrected chi connectivity index (χ4v) is 3.00. The Hall–Kier alpha value is -3.15. The standard InChI is InChI=1S/C20H25F4N5O3/c1-6-25-16-7-8-26-18(27-16)29(20(22,23)24)14-10-13(21)12(9-15(14)32-5)17(30)28(4)11-19(2,3)31/h7-10,31H,6,11H2,1-5H3,(H,25,26,27). The number of nitrogens with one attached hydrogen (secondary N) is 1. The minimum Gasteiger partial charge on any atom is -0.495 e. The number of benzene rings is 1. The van der Waals surface area contributed by atoms with Crippen molar-refractivity contribution in [3.63, 3.8) is 0 Å². The van der Waals surface area contributed by atoms with E-state index in [0.29, 0.717) is 12.6 Å². The average molecular weight is 459 g/mol. The number of nitrogens with zero attached hydrogens (tertiary/aromatic N) is 4. The Morgan fingerprint density at radius 2 is 1.94 bits per heavy atom. The second kappa shape index (κ2) is 9.55. The molecule has 0 aliphatic heterocycles. The quantitative estimate of drug-likeness (QED) is 0.461. The summed E-state index contributed by atoms with van der Waals surface area (Å²) in [6.45, 7) is 4.94. The molecular formula is C20H25F4N5O3.